The molecule has 0 unspecified atom stereocenters. The number of hydrogen-bond donors (Lipinski definition) is 1. The lowest BCUT2D eigenvalue weighted by molar-refractivity contribution is -0.0357. The summed E-state index contributed by atoms with van der Waals surface area (Å²) in [7, 11) is -3.58. The smallest absolute Gasteiger partial charge is 0.262 e. The maximum atomic E-state index is 11.8. The summed E-state index contributed by atoms with van der Waals surface area (Å²) in [5, 5.41) is 0. The Morgan fingerprint density at radius 2 is 1.62 bits per heavy atom. The molecule has 0 aromatic heterocycles. The van der Waals surface area contributed by atoms with E-state index in [9.17, 15) is 8.42 Å². The Labute approximate surface area is 96.6 Å². The molecular weight excluding hydrogens is 226 g/mol. The third-order valence-electron chi connectivity index (χ3n) is 1.79. The summed E-state index contributed by atoms with van der Waals surface area (Å²) in [5.74, 6) is 0. The van der Waals surface area contributed by atoms with Gasteiger partial charge in [-0.05, 0) is 39.8 Å². The van der Waals surface area contributed by atoms with Gasteiger partial charge in [-0.3, -0.25) is 4.84 Å². The van der Waals surface area contributed by atoms with Gasteiger partial charge in [0.1, 0.15) is 0 Å². The fourth-order valence-electron chi connectivity index (χ4n) is 0.945. The van der Waals surface area contributed by atoms with E-state index in [1.165, 1.54) is 0 Å². The van der Waals surface area contributed by atoms with Crippen molar-refractivity contribution in [3.05, 3.63) is 29.8 Å². The molecule has 0 bridgehead atoms. The summed E-state index contributed by atoms with van der Waals surface area (Å²) in [5.41, 5.74) is 0.452. The predicted octanol–water partition coefficient (Wildman–Crippen LogP) is 2.00. The molecule has 0 aliphatic heterocycles. The van der Waals surface area contributed by atoms with Crippen molar-refractivity contribution >= 4 is 10.0 Å². The third-order valence-corrected chi connectivity index (χ3v) is 2.98. The fourth-order valence-corrected chi connectivity index (χ4v) is 1.90. The summed E-state index contributed by atoms with van der Waals surface area (Å²) in [6.45, 7) is 7.20. The maximum Gasteiger partial charge on any atom is 0.262 e. The highest BCUT2D eigenvalue weighted by atomic mass is 32.2. The number of sulfonamides is 1. The van der Waals surface area contributed by atoms with E-state index >= 15 is 0 Å². The first-order chi connectivity index (χ1) is 7.21. The van der Waals surface area contributed by atoms with E-state index < -0.39 is 15.6 Å². The van der Waals surface area contributed by atoms with Crippen LogP contribution in [0.25, 0.3) is 0 Å². The van der Waals surface area contributed by atoms with Gasteiger partial charge in [-0.2, -0.15) is 0 Å². The standard InChI is InChI=1S/C11H17NO3S/c1-9-5-7-10(8-6-9)16(13,14)12-15-11(2,3)4/h5-8,12H,1-4H3. The molecule has 0 saturated heterocycles. The minimum absolute atomic E-state index is 0.197. The number of rotatable bonds is 3. The van der Waals surface area contributed by atoms with Crippen molar-refractivity contribution in [3.63, 3.8) is 0 Å². The molecule has 0 aliphatic carbocycles. The summed E-state index contributed by atoms with van der Waals surface area (Å²) < 4.78 is 23.5. The highest BCUT2D eigenvalue weighted by molar-refractivity contribution is 7.89. The molecule has 0 heterocycles. The van der Waals surface area contributed by atoms with E-state index in [-0.39, 0.29) is 4.90 Å². The van der Waals surface area contributed by atoms with Crippen molar-refractivity contribution in [2.75, 3.05) is 0 Å². The normalized spacial score (nSPS) is 12.8. The van der Waals surface area contributed by atoms with Crippen molar-refractivity contribution in [1.82, 2.24) is 4.89 Å². The SMILES string of the molecule is Cc1ccc(S(=O)(=O)NOC(C)(C)C)cc1. The zero-order valence-electron chi connectivity index (χ0n) is 9.94. The molecule has 0 fully saturated rings. The maximum absolute atomic E-state index is 11.8. The molecule has 1 aromatic rings. The molecule has 0 amide bonds. The Bertz CT molecular complexity index is 443. The van der Waals surface area contributed by atoms with Crippen LogP contribution in [0.5, 0.6) is 0 Å². The van der Waals surface area contributed by atoms with E-state index in [2.05, 4.69) is 4.89 Å². The summed E-state index contributed by atoms with van der Waals surface area (Å²) in [6.07, 6.45) is 0. The van der Waals surface area contributed by atoms with Gasteiger partial charge in [-0.1, -0.05) is 22.6 Å². The van der Waals surface area contributed by atoms with Crippen molar-refractivity contribution < 1.29 is 13.3 Å². The summed E-state index contributed by atoms with van der Waals surface area (Å²) >= 11 is 0. The van der Waals surface area contributed by atoms with Crippen LogP contribution >= 0.6 is 0 Å². The molecule has 16 heavy (non-hydrogen) atoms. The van der Waals surface area contributed by atoms with Crippen molar-refractivity contribution in [3.8, 4) is 0 Å². The monoisotopic (exact) mass is 243 g/mol. The van der Waals surface area contributed by atoms with Crippen LogP contribution in [0.1, 0.15) is 26.3 Å². The van der Waals surface area contributed by atoms with Crippen LogP contribution in [0.3, 0.4) is 0 Å². The van der Waals surface area contributed by atoms with E-state index in [0.717, 1.165) is 5.56 Å². The van der Waals surface area contributed by atoms with Gasteiger partial charge in [0.15, 0.2) is 0 Å². The molecule has 4 nitrogen and oxygen atoms in total. The van der Waals surface area contributed by atoms with Crippen LogP contribution in [0.4, 0.5) is 0 Å². The van der Waals surface area contributed by atoms with Gasteiger partial charge in [0, 0.05) is 0 Å². The quantitative estimate of drug-likeness (QED) is 0.826. The first-order valence-corrected chi connectivity index (χ1v) is 6.45. The zero-order valence-corrected chi connectivity index (χ0v) is 10.8. The number of aryl methyl sites for hydroxylation is 1. The third kappa shape index (κ3) is 3.92. The van der Waals surface area contributed by atoms with Crippen LogP contribution in [-0.4, -0.2) is 14.0 Å². The predicted molar refractivity (Wildman–Crippen MR) is 62.3 cm³/mol. The van der Waals surface area contributed by atoms with Crippen molar-refractivity contribution in [1.29, 1.82) is 0 Å². The molecule has 1 rings (SSSR count). The Morgan fingerprint density at radius 3 is 2.06 bits per heavy atom. The van der Waals surface area contributed by atoms with Crippen LogP contribution in [0.15, 0.2) is 29.2 Å². The minimum Gasteiger partial charge on any atom is -0.281 e. The van der Waals surface area contributed by atoms with Gasteiger partial charge in [0.2, 0.25) is 0 Å². The second-order valence-electron chi connectivity index (χ2n) is 4.61. The van der Waals surface area contributed by atoms with Crippen LogP contribution in [0.2, 0.25) is 0 Å². The van der Waals surface area contributed by atoms with Gasteiger partial charge >= 0.3 is 0 Å². The van der Waals surface area contributed by atoms with Crippen molar-refractivity contribution in [2.45, 2.75) is 38.2 Å². The second-order valence-corrected chi connectivity index (χ2v) is 6.26. The number of benzene rings is 1. The van der Waals surface area contributed by atoms with Crippen LogP contribution < -0.4 is 4.89 Å². The molecule has 1 N–H and O–H groups in total. The van der Waals surface area contributed by atoms with E-state index in [1.807, 2.05) is 6.92 Å². The molecule has 1 aromatic carbocycles. The number of hydrogen-bond acceptors (Lipinski definition) is 3. The molecule has 0 saturated carbocycles. The molecule has 0 spiro atoms. The van der Waals surface area contributed by atoms with Gasteiger partial charge in [-0.25, -0.2) is 8.42 Å². The molecule has 0 radical (unpaired) electrons. The average molecular weight is 243 g/mol. The first kappa shape index (κ1) is 13.2. The lowest BCUT2D eigenvalue weighted by atomic mass is 10.2. The molecular formula is C11H17NO3S. The highest BCUT2D eigenvalue weighted by Crippen LogP contribution is 2.12. The molecule has 90 valence electrons. The first-order valence-electron chi connectivity index (χ1n) is 4.97. The summed E-state index contributed by atoms with van der Waals surface area (Å²) in [4.78, 5) is 7.34. The molecule has 0 atom stereocenters. The van der Waals surface area contributed by atoms with E-state index in [1.54, 1.807) is 45.0 Å². The molecule has 5 heteroatoms. The Hall–Kier alpha value is -0.910. The lowest BCUT2D eigenvalue weighted by Crippen LogP contribution is -2.33. The van der Waals surface area contributed by atoms with Gasteiger partial charge in [0.05, 0.1) is 10.5 Å². The molecule has 0 aliphatic rings. The zero-order chi connectivity index (χ0) is 12.4. The van der Waals surface area contributed by atoms with Gasteiger partial charge < -0.3 is 0 Å². The van der Waals surface area contributed by atoms with Crippen LogP contribution in [-0.2, 0) is 14.9 Å². The largest absolute Gasteiger partial charge is 0.281 e. The van der Waals surface area contributed by atoms with Crippen molar-refractivity contribution in [2.24, 2.45) is 0 Å². The fraction of sp³-hybridized carbons (Fsp3) is 0.455. The Kier molecular flexibility index (Phi) is 3.72. The average Bonchev–Trinajstić information content (AvgIpc) is 2.15. The minimum atomic E-state index is -3.58. The van der Waals surface area contributed by atoms with E-state index in [4.69, 9.17) is 4.84 Å². The van der Waals surface area contributed by atoms with Gasteiger partial charge in [-0.15, -0.1) is 0 Å². The lowest BCUT2D eigenvalue weighted by Gasteiger charge is -2.19. The Morgan fingerprint density at radius 1 is 1.12 bits per heavy atom. The topological polar surface area (TPSA) is 55.4 Å². The van der Waals surface area contributed by atoms with Crippen LogP contribution in [0, 0.1) is 6.92 Å². The summed E-state index contributed by atoms with van der Waals surface area (Å²) in [6, 6.07) is 6.57. The van der Waals surface area contributed by atoms with Gasteiger partial charge in [0.25, 0.3) is 10.0 Å². The number of nitrogens with one attached hydrogen (secondary N) is 1. The second kappa shape index (κ2) is 4.53. The highest BCUT2D eigenvalue weighted by Gasteiger charge is 2.18. The van der Waals surface area contributed by atoms with E-state index in [0.29, 0.717) is 0 Å². The Balaban J connectivity index is 2.83.